The molecule has 138 valence electrons. The third-order valence-corrected chi connectivity index (χ3v) is 4.31. The molecule has 0 aliphatic heterocycles. The van der Waals surface area contributed by atoms with Crippen LogP contribution in [0.2, 0.25) is 0 Å². The Morgan fingerprint density at radius 1 is 0.857 bits per heavy atom. The van der Waals surface area contributed by atoms with Gasteiger partial charge in [-0.25, -0.2) is 4.98 Å². The van der Waals surface area contributed by atoms with Crippen LogP contribution in [0.4, 0.5) is 11.4 Å². The number of pyridine rings is 1. The van der Waals surface area contributed by atoms with Crippen molar-refractivity contribution >= 4 is 17.2 Å². The number of carbonyl (C=O) groups excluding carboxylic acids is 1. The van der Waals surface area contributed by atoms with Gasteiger partial charge in [-0.15, -0.1) is 0 Å². The van der Waals surface area contributed by atoms with Crippen molar-refractivity contribution in [2.45, 2.75) is 12.8 Å². The largest absolute Gasteiger partial charge is 0.439 e. The first-order chi connectivity index (χ1) is 13.8. The predicted molar refractivity (Wildman–Crippen MR) is 109 cm³/mol. The van der Waals surface area contributed by atoms with E-state index in [9.17, 15) is 4.79 Å². The Labute approximate surface area is 163 Å². The van der Waals surface area contributed by atoms with E-state index in [1.807, 2.05) is 72.8 Å². The van der Waals surface area contributed by atoms with E-state index >= 15 is 0 Å². The van der Waals surface area contributed by atoms with Gasteiger partial charge in [0.25, 0.3) is 0 Å². The first-order valence-electron chi connectivity index (χ1n) is 9.09. The van der Waals surface area contributed by atoms with Crippen molar-refractivity contribution in [2.24, 2.45) is 0 Å². The lowest BCUT2D eigenvalue weighted by atomic mass is 10.1. The van der Waals surface area contributed by atoms with E-state index in [4.69, 9.17) is 4.42 Å². The molecule has 5 heteroatoms. The summed E-state index contributed by atoms with van der Waals surface area (Å²) in [6, 6.07) is 23.0. The number of rotatable bonds is 7. The standard InChI is InChI=1S/C23H19N3O2/c27-21(13-14-23-25-16-22(28-23)20-8-4-5-15-24-20)17-9-11-19(12-10-17)26-18-6-2-1-3-7-18/h1-12,15-16,26H,13-14H2. The van der Waals surface area contributed by atoms with E-state index in [2.05, 4.69) is 15.3 Å². The second-order valence-corrected chi connectivity index (χ2v) is 6.32. The number of ketones is 1. The van der Waals surface area contributed by atoms with Crippen LogP contribution in [0.1, 0.15) is 22.7 Å². The van der Waals surface area contributed by atoms with Crippen molar-refractivity contribution in [1.82, 2.24) is 9.97 Å². The Morgan fingerprint density at radius 3 is 2.36 bits per heavy atom. The molecule has 0 aliphatic rings. The van der Waals surface area contributed by atoms with Gasteiger partial charge < -0.3 is 9.73 Å². The van der Waals surface area contributed by atoms with E-state index in [1.165, 1.54) is 0 Å². The zero-order chi connectivity index (χ0) is 19.2. The van der Waals surface area contributed by atoms with Crippen LogP contribution >= 0.6 is 0 Å². The van der Waals surface area contributed by atoms with Gasteiger partial charge in [0.05, 0.1) is 6.20 Å². The second kappa shape index (κ2) is 8.31. The van der Waals surface area contributed by atoms with E-state index in [-0.39, 0.29) is 5.78 Å². The van der Waals surface area contributed by atoms with Crippen molar-refractivity contribution in [1.29, 1.82) is 0 Å². The zero-order valence-corrected chi connectivity index (χ0v) is 15.2. The maximum Gasteiger partial charge on any atom is 0.195 e. The van der Waals surface area contributed by atoms with Gasteiger partial charge in [0, 0.05) is 36.0 Å². The zero-order valence-electron chi connectivity index (χ0n) is 15.2. The first kappa shape index (κ1) is 17.7. The lowest BCUT2D eigenvalue weighted by Crippen LogP contribution is -2.01. The molecule has 2 aromatic heterocycles. The summed E-state index contributed by atoms with van der Waals surface area (Å²) in [6.45, 7) is 0. The number of nitrogens with one attached hydrogen (secondary N) is 1. The summed E-state index contributed by atoms with van der Waals surface area (Å²) in [5, 5.41) is 3.30. The molecular weight excluding hydrogens is 350 g/mol. The Hall–Kier alpha value is -3.73. The lowest BCUT2D eigenvalue weighted by molar-refractivity contribution is 0.0980. The molecule has 2 aromatic carbocycles. The highest BCUT2D eigenvalue weighted by atomic mass is 16.4. The molecule has 4 rings (SSSR count). The number of anilines is 2. The minimum Gasteiger partial charge on any atom is -0.439 e. The average Bonchev–Trinajstić information content (AvgIpc) is 3.23. The number of aryl methyl sites for hydroxylation is 1. The summed E-state index contributed by atoms with van der Waals surface area (Å²) in [5.74, 6) is 1.21. The molecule has 0 spiro atoms. The Morgan fingerprint density at radius 2 is 1.61 bits per heavy atom. The predicted octanol–water partition coefficient (Wildman–Crippen LogP) is 5.30. The minimum absolute atomic E-state index is 0.0591. The van der Waals surface area contributed by atoms with E-state index in [0.717, 1.165) is 17.1 Å². The van der Waals surface area contributed by atoms with Gasteiger partial charge in [0.15, 0.2) is 17.4 Å². The molecule has 2 heterocycles. The minimum atomic E-state index is 0.0591. The van der Waals surface area contributed by atoms with Gasteiger partial charge in [-0.05, 0) is 48.5 Å². The third kappa shape index (κ3) is 4.32. The molecule has 0 amide bonds. The summed E-state index contributed by atoms with van der Waals surface area (Å²) < 4.78 is 5.71. The van der Waals surface area contributed by atoms with Crippen molar-refractivity contribution < 1.29 is 9.21 Å². The Balaban J connectivity index is 1.34. The highest BCUT2D eigenvalue weighted by Crippen LogP contribution is 2.20. The number of carbonyl (C=O) groups is 1. The molecule has 0 radical (unpaired) electrons. The van der Waals surface area contributed by atoms with Crippen molar-refractivity contribution in [2.75, 3.05) is 5.32 Å². The summed E-state index contributed by atoms with van der Waals surface area (Å²) >= 11 is 0. The number of aromatic nitrogens is 2. The fourth-order valence-electron chi connectivity index (χ4n) is 2.85. The van der Waals surface area contributed by atoms with Gasteiger partial charge in [0.2, 0.25) is 0 Å². The number of nitrogens with zero attached hydrogens (tertiary/aromatic N) is 2. The average molecular weight is 369 g/mol. The quantitative estimate of drug-likeness (QED) is 0.448. The van der Waals surface area contributed by atoms with Gasteiger partial charge in [0.1, 0.15) is 5.69 Å². The van der Waals surface area contributed by atoms with Crippen molar-refractivity contribution in [3.63, 3.8) is 0 Å². The molecular formula is C23H19N3O2. The number of para-hydroxylation sites is 1. The van der Waals surface area contributed by atoms with Crippen LogP contribution in [0, 0.1) is 0 Å². The maximum atomic E-state index is 12.5. The summed E-state index contributed by atoms with van der Waals surface area (Å²) in [5.41, 5.74) is 3.36. The normalized spacial score (nSPS) is 10.6. The van der Waals surface area contributed by atoms with Crippen LogP contribution in [0.3, 0.4) is 0 Å². The van der Waals surface area contributed by atoms with Gasteiger partial charge >= 0.3 is 0 Å². The molecule has 28 heavy (non-hydrogen) atoms. The topological polar surface area (TPSA) is 68.0 Å². The van der Waals surface area contributed by atoms with Crippen LogP contribution < -0.4 is 5.32 Å². The lowest BCUT2D eigenvalue weighted by Gasteiger charge is -2.07. The van der Waals surface area contributed by atoms with E-state index in [1.54, 1.807) is 12.4 Å². The molecule has 0 fully saturated rings. The summed E-state index contributed by atoms with van der Waals surface area (Å²) in [7, 11) is 0. The number of hydrogen-bond donors (Lipinski definition) is 1. The van der Waals surface area contributed by atoms with Crippen LogP contribution in [0.25, 0.3) is 11.5 Å². The van der Waals surface area contributed by atoms with Crippen molar-refractivity contribution in [3.8, 4) is 11.5 Å². The van der Waals surface area contributed by atoms with Crippen molar-refractivity contribution in [3.05, 3.63) is 96.6 Å². The highest BCUT2D eigenvalue weighted by molar-refractivity contribution is 5.96. The fourth-order valence-corrected chi connectivity index (χ4v) is 2.85. The monoisotopic (exact) mass is 369 g/mol. The molecule has 4 aromatic rings. The third-order valence-electron chi connectivity index (χ3n) is 4.31. The smallest absolute Gasteiger partial charge is 0.195 e. The second-order valence-electron chi connectivity index (χ2n) is 6.32. The fraction of sp³-hybridized carbons (Fsp3) is 0.0870. The van der Waals surface area contributed by atoms with Gasteiger partial charge in [-0.2, -0.15) is 0 Å². The van der Waals surface area contributed by atoms with Crippen LogP contribution in [0.15, 0.2) is 89.6 Å². The number of hydrogen-bond acceptors (Lipinski definition) is 5. The molecule has 0 saturated heterocycles. The molecule has 0 unspecified atom stereocenters. The van der Waals surface area contributed by atoms with Crippen LogP contribution in [-0.4, -0.2) is 15.8 Å². The molecule has 1 N–H and O–H groups in total. The first-order valence-corrected chi connectivity index (χ1v) is 9.09. The number of oxazole rings is 1. The molecule has 0 atom stereocenters. The summed E-state index contributed by atoms with van der Waals surface area (Å²) in [6.07, 6.45) is 4.15. The maximum absolute atomic E-state index is 12.5. The number of Topliss-reactive ketones (excluding diaryl/α,β-unsaturated/α-hetero) is 1. The Kier molecular flexibility index (Phi) is 5.24. The molecule has 0 saturated carbocycles. The number of benzene rings is 2. The molecule has 0 bridgehead atoms. The van der Waals surface area contributed by atoms with Gasteiger partial charge in [-0.3, -0.25) is 9.78 Å². The highest BCUT2D eigenvalue weighted by Gasteiger charge is 2.11. The Bertz CT molecular complexity index is 1040. The van der Waals surface area contributed by atoms with E-state index < -0.39 is 0 Å². The molecule has 0 aliphatic carbocycles. The summed E-state index contributed by atoms with van der Waals surface area (Å²) in [4.78, 5) is 20.9. The SMILES string of the molecule is O=C(CCc1ncc(-c2ccccn2)o1)c1ccc(Nc2ccccc2)cc1. The van der Waals surface area contributed by atoms with Gasteiger partial charge in [-0.1, -0.05) is 24.3 Å². The van der Waals surface area contributed by atoms with E-state index in [0.29, 0.717) is 30.1 Å². The van der Waals surface area contributed by atoms with Crippen LogP contribution in [-0.2, 0) is 6.42 Å². The van der Waals surface area contributed by atoms with Crippen LogP contribution in [0.5, 0.6) is 0 Å². The molecule has 5 nitrogen and oxygen atoms in total.